The molecule has 2 heteroatoms. The summed E-state index contributed by atoms with van der Waals surface area (Å²) in [5.74, 6) is 0.761. The Balaban J connectivity index is 2.47. The highest BCUT2D eigenvalue weighted by Crippen LogP contribution is 2.17. The summed E-state index contributed by atoms with van der Waals surface area (Å²) in [6.45, 7) is 4.22. The number of nitrogens with one attached hydrogen (secondary N) is 1. The fourth-order valence-electron chi connectivity index (χ4n) is 1.35. The zero-order valence-electron chi connectivity index (χ0n) is 5.98. The Morgan fingerprint density at radius 3 is 2.67 bits per heavy atom. The molecule has 52 valence electrons. The van der Waals surface area contributed by atoms with E-state index in [1.807, 2.05) is 0 Å². The molecule has 1 amide bonds. The Bertz CT molecular complexity index is 122. The van der Waals surface area contributed by atoms with Crippen molar-refractivity contribution in [2.24, 2.45) is 5.92 Å². The molecule has 0 aromatic rings. The number of carbonyl (C=O) groups excluding carboxylic acids is 1. The van der Waals surface area contributed by atoms with Crippen molar-refractivity contribution in [2.75, 3.05) is 0 Å². The number of rotatable bonds is 1. The van der Waals surface area contributed by atoms with E-state index in [0.29, 0.717) is 12.0 Å². The molecule has 1 aliphatic heterocycles. The van der Waals surface area contributed by atoms with Gasteiger partial charge in [0, 0.05) is 12.5 Å². The number of carbonyl (C=O) groups is 1. The Hall–Kier alpha value is -0.530. The summed E-state index contributed by atoms with van der Waals surface area (Å²) in [7, 11) is 0. The average Bonchev–Trinajstić information content (AvgIpc) is 2.10. The summed E-state index contributed by atoms with van der Waals surface area (Å²) in [6, 6.07) is 0.442. The molecule has 0 radical (unpaired) electrons. The van der Waals surface area contributed by atoms with E-state index < -0.39 is 0 Å². The van der Waals surface area contributed by atoms with E-state index in [9.17, 15) is 4.79 Å². The molecule has 0 saturated carbocycles. The van der Waals surface area contributed by atoms with Gasteiger partial charge in [0.05, 0.1) is 0 Å². The van der Waals surface area contributed by atoms with Gasteiger partial charge in [-0.1, -0.05) is 13.8 Å². The maximum absolute atomic E-state index is 10.7. The normalized spacial score (nSPS) is 34.7. The monoisotopic (exact) mass is 127 g/mol. The molecule has 2 nitrogen and oxygen atoms in total. The lowest BCUT2D eigenvalue weighted by molar-refractivity contribution is -0.119. The molecule has 1 rings (SSSR count). The third kappa shape index (κ3) is 1.23. The van der Waals surface area contributed by atoms with E-state index in [0.717, 1.165) is 12.8 Å². The number of hydrogen-bond acceptors (Lipinski definition) is 1. The van der Waals surface area contributed by atoms with Crippen LogP contribution in [0.4, 0.5) is 0 Å². The second-order valence-corrected chi connectivity index (χ2v) is 2.76. The molecule has 0 aliphatic carbocycles. The van der Waals surface area contributed by atoms with Crippen molar-refractivity contribution in [2.45, 2.75) is 32.7 Å². The standard InChI is InChI=1S/C7H13NO/c1-3-6-5(2)4-7(9)8-6/h5-6H,3-4H2,1-2H3,(H,8,9)/t5-,6+/m1/s1. The van der Waals surface area contributed by atoms with Crippen molar-refractivity contribution in [1.82, 2.24) is 5.32 Å². The van der Waals surface area contributed by atoms with Gasteiger partial charge in [0.1, 0.15) is 0 Å². The van der Waals surface area contributed by atoms with Crippen molar-refractivity contribution in [3.8, 4) is 0 Å². The summed E-state index contributed by atoms with van der Waals surface area (Å²) < 4.78 is 0. The first-order valence-corrected chi connectivity index (χ1v) is 3.53. The molecule has 1 aliphatic rings. The van der Waals surface area contributed by atoms with Gasteiger partial charge in [0.2, 0.25) is 5.91 Å². The summed E-state index contributed by atoms with van der Waals surface area (Å²) in [6.07, 6.45) is 1.78. The highest BCUT2D eigenvalue weighted by atomic mass is 16.1. The van der Waals surface area contributed by atoms with Crippen LogP contribution in [-0.4, -0.2) is 11.9 Å². The van der Waals surface area contributed by atoms with Gasteiger partial charge in [-0.05, 0) is 12.3 Å². The van der Waals surface area contributed by atoms with E-state index in [1.165, 1.54) is 0 Å². The molecule has 0 aromatic heterocycles. The lowest BCUT2D eigenvalue weighted by Crippen LogP contribution is -2.26. The Morgan fingerprint density at radius 1 is 1.78 bits per heavy atom. The minimum atomic E-state index is 0.217. The van der Waals surface area contributed by atoms with Gasteiger partial charge in [0.25, 0.3) is 0 Å². The predicted molar refractivity (Wildman–Crippen MR) is 36.0 cm³/mol. The Morgan fingerprint density at radius 2 is 2.44 bits per heavy atom. The molecule has 2 atom stereocenters. The fourth-order valence-corrected chi connectivity index (χ4v) is 1.35. The molecule has 1 fully saturated rings. The van der Waals surface area contributed by atoms with Crippen LogP contribution in [-0.2, 0) is 4.79 Å². The molecule has 1 heterocycles. The van der Waals surface area contributed by atoms with Gasteiger partial charge in [-0.3, -0.25) is 4.79 Å². The van der Waals surface area contributed by atoms with Gasteiger partial charge in [-0.15, -0.1) is 0 Å². The first-order chi connectivity index (χ1) is 4.24. The SMILES string of the molecule is CC[C@@H]1NC(=O)C[C@H]1C. The van der Waals surface area contributed by atoms with Crippen LogP contribution < -0.4 is 5.32 Å². The Kier molecular flexibility index (Phi) is 1.74. The zero-order chi connectivity index (χ0) is 6.85. The van der Waals surface area contributed by atoms with Gasteiger partial charge >= 0.3 is 0 Å². The largest absolute Gasteiger partial charge is 0.353 e. The van der Waals surface area contributed by atoms with Crippen LogP contribution in [0.1, 0.15) is 26.7 Å². The average molecular weight is 127 g/mol. The van der Waals surface area contributed by atoms with Crippen molar-refractivity contribution >= 4 is 5.91 Å². The lowest BCUT2D eigenvalue weighted by Gasteiger charge is -2.10. The summed E-state index contributed by atoms with van der Waals surface area (Å²) in [4.78, 5) is 10.7. The smallest absolute Gasteiger partial charge is 0.220 e. The van der Waals surface area contributed by atoms with E-state index in [1.54, 1.807) is 0 Å². The molecular formula is C7H13NO. The Labute approximate surface area is 55.6 Å². The van der Waals surface area contributed by atoms with Gasteiger partial charge < -0.3 is 5.32 Å². The molecule has 9 heavy (non-hydrogen) atoms. The first kappa shape index (κ1) is 6.59. The zero-order valence-corrected chi connectivity index (χ0v) is 5.98. The van der Waals surface area contributed by atoms with Crippen LogP contribution in [0.25, 0.3) is 0 Å². The predicted octanol–water partition coefficient (Wildman–Crippen LogP) is 0.921. The minimum absolute atomic E-state index is 0.217. The highest BCUT2D eigenvalue weighted by molar-refractivity contribution is 5.78. The molecule has 0 spiro atoms. The van der Waals surface area contributed by atoms with E-state index in [-0.39, 0.29) is 5.91 Å². The second kappa shape index (κ2) is 2.38. The first-order valence-electron chi connectivity index (χ1n) is 3.53. The third-order valence-corrected chi connectivity index (χ3v) is 1.98. The van der Waals surface area contributed by atoms with E-state index >= 15 is 0 Å². The lowest BCUT2D eigenvalue weighted by atomic mass is 10.0. The van der Waals surface area contributed by atoms with E-state index in [4.69, 9.17) is 0 Å². The second-order valence-electron chi connectivity index (χ2n) is 2.76. The van der Waals surface area contributed by atoms with Gasteiger partial charge in [0.15, 0.2) is 0 Å². The van der Waals surface area contributed by atoms with Gasteiger partial charge in [-0.25, -0.2) is 0 Å². The number of amides is 1. The highest BCUT2D eigenvalue weighted by Gasteiger charge is 2.26. The van der Waals surface area contributed by atoms with Crippen LogP contribution in [0.15, 0.2) is 0 Å². The number of hydrogen-bond donors (Lipinski definition) is 1. The van der Waals surface area contributed by atoms with Crippen LogP contribution in [0.2, 0.25) is 0 Å². The maximum Gasteiger partial charge on any atom is 0.220 e. The molecule has 0 bridgehead atoms. The molecule has 1 N–H and O–H groups in total. The molecule has 0 aromatic carbocycles. The summed E-state index contributed by atoms with van der Waals surface area (Å²) >= 11 is 0. The van der Waals surface area contributed by atoms with Crippen molar-refractivity contribution < 1.29 is 4.79 Å². The summed E-state index contributed by atoms with van der Waals surface area (Å²) in [5, 5.41) is 2.91. The van der Waals surface area contributed by atoms with Crippen LogP contribution in [0.3, 0.4) is 0 Å². The van der Waals surface area contributed by atoms with Crippen LogP contribution >= 0.6 is 0 Å². The van der Waals surface area contributed by atoms with E-state index in [2.05, 4.69) is 19.2 Å². The quantitative estimate of drug-likeness (QED) is 0.557. The maximum atomic E-state index is 10.7. The van der Waals surface area contributed by atoms with Crippen molar-refractivity contribution in [1.29, 1.82) is 0 Å². The topological polar surface area (TPSA) is 29.1 Å². The van der Waals surface area contributed by atoms with Gasteiger partial charge in [-0.2, -0.15) is 0 Å². The van der Waals surface area contributed by atoms with Crippen molar-refractivity contribution in [3.63, 3.8) is 0 Å². The molecular weight excluding hydrogens is 114 g/mol. The summed E-state index contributed by atoms with van der Waals surface area (Å²) in [5.41, 5.74) is 0. The van der Waals surface area contributed by atoms with Crippen LogP contribution in [0.5, 0.6) is 0 Å². The molecule has 1 saturated heterocycles. The molecule has 0 unspecified atom stereocenters. The third-order valence-electron chi connectivity index (χ3n) is 1.98. The van der Waals surface area contributed by atoms with Crippen LogP contribution in [0, 0.1) is 5.92 Å². The minimum Gasteiger partial charge on any atom is -0.353 e. The fraction of sp³-hybridized carbons (Fsp3) is 0.857. The van der Waals surface area contributed by atoms with Crippen molar-refractivity contribution in [3.05, 3.63) is 0 Å².